The van der Waals surface area contributed by atoms with Crippen LogP contribution in [-0.4, -0.2) is 22.6 Å². The fourth-order valence-electron chi connectivity index (χ4n) is 3.04. The molecular formula is C24H23N3O3. The van der Waals surface area contributed by atoms with Gasteiger partial charge in [0, 0.05) is 29.9 Å². The number of carbonyl (C=O) groups is 3. The molecule has 3 aromatic carbocycles. The van der Waals surface area contributed by atoms with Crippen molar-refractivity contribution in [3.8, 4) is 0 Å². The highest BCUT2D eigenvalue weighted by molar-refractivity contribution is 5.95. The summed E-state index contributed by atoms with van der Waals surface area (Å²) in [6, 6.07) is 23.0. The molecule has 0 saturated heterocycles. The molecule has 0 bridgehead atoms. The second-order valence-electron chi connectivity index (χ2n) is 6.97. The summed E-state index contributed by atoms with van der Waals surface area (Å²) in [4.78, 5) is 37.6. The second kappa shape index (κ2) is 9.52. The molecule has 3 rings (SSSR count). The molecule has 0 radical (unpaired) electrons. The van der Waals surface area contributed by atoms with Crippen molar-refractivity contribution in [3.05, 3.63) is 101 Å². The lowest BCUT2D eigenvalue weighted by Crippen LogP contribution is -2.34. The van der Waals surface area contributed by atoms with Gasteiger partial charge in [0.15, 0.2) is 5.78 Å². The number of ketones is 1. The SMILES string of the molecule is CC(=O)c1ccc(NC(=O)N(Cc2ccccc2)Cc2cccc(C(N)=O)c2)cc1. The third kappa shape index (κ3) is 5.54. The van der Waals surface area contributed by atoms with Gasteiger partial charge in [-0.05, 0) is 54.4 Å². The van der Waals surface area contributed by atoms with Gasteiger partial charge in [0.2, 0.25) is 5.91 Å². The standard InChI is InChI=1S/C24H23N3O3/c1-17(28)20-10-12-22(13-11-20)26-24(30)27(15-18-6-3-2-4-7-18)16-19-8-5-9-21(14-19)23(25)29/h2-14H,15-16H2,1H3,(H2,25,29)(H,26,30). The predicted octanol–water partition coefficient (Wildman–Crippen LogP) is 4.22. The molecular weight excluding hydrogens is 378 g/mol. The van der Waals surface area contributed by atoms with Crippen molar-refractivity contribution in [1.29, 1.82) is 0 Å². The third-order valence-electron chi connectivity index (χ3n) is 4.63. The van der Waals surface area contributed by atoms with Crippen molar-refractivity contribution in [2.45, 2.75) is 20.0 Å². The number of Topliss-reactive ketones (excluding diaryl/α,β-unsaturated/α-hetero) is 1. The van der Waals surface area contributed by atoms with Crippen LogP contribution in [-0.2, 0) is 13.1 Å². The smallest absolute Gasteiger partial charge is 0.322 e. The molecule has 152 valence electrons. The average Bonchev–Trinajstić information content (AvgIpc) is 2.74. The van der Waals surface area contributed by atoms with Gasteiger partial charge in [-0.1, -0.05) is 42.5 Å². The van der Waals surface area contributed by atoms with Gasteiger partial charge >= 0.3 is 6.03 Å². The average molecular weight is 401 g/mol. The minimum atomic E-state index is -0.513. The monoisotopic (exact) mass is 401 g/mol. The number of anilines is 1. The highest BCUT2D eigenvalue weighted by Crippen LogP contribution is 2.16. The number of nitrogens with two attached hydrogens (primary N) is 1. The molecule has 30 heavy (non-hydrogen) atoms. The summed E-state index contributed by atoms with van der Waals surface area (Å²) in [5.41, 5.74) is 8.72. The van der Waals surface area contributed by atoms with E-state index >= 15 is 0 Å². The van der Waals surface area contributed by atoms with Gasteiger partial charge in [0.05, 0.1) is 0 Å². The number of amides is 3. The lowest BCUT2D eigenvalue weighted by Gasteiger charge is -2.24. The lowest BCUT2D eigenvalue weighted by molar-refractivity contribution is 0.0996. The van der Waals surface area contributed by atoms with E-state index in [2.05, 4.69) is 5.32 Å². The first-order valence-electron chi connectivity index (χ1n) is 9.52. The predicted molar refractivity (Wildman–Crippen MR) is 116 cm³/mol. The molecule has 3 N–H and O–H groups in total. The van der Waals surface area contributed by atoms with Gasteiger partial charge in [0.1, 0.15) is 0 Å². The molecule has 3 amide bonds. The fraction of sp³-hybridized carbons (Fsp3) is 0.125. The number of hydrogen-bond donors (Lipinski definition) is 2. The van der Waals surface area contributed by atoms with Crippen LogP contribution in [0.5, 0.6) is 0 Å². The summed E-state index contributed by atoms with van der Waals surface area (Å²) < 4.78 is 0. The minimum absolute atomic E-state index is 0.0343. The lowest BCUT2D eigenvalue weighted by atomic mass is 10.1. The summed E-state index contributed by atoms with van der Waals surface area (Å²) in [5, 5.41) is 2.87. The molecule has 0 aromatic heterocycles. The summed E-state index contributed by atoms with van der Waals surface area (Å²) in [5.74, 6) is -0.547. The second-order valence-corrected chi connectivity index (χ2v) is 6.97. The number of hydrogen-bond acceptors (Lipinski definition) is 3. The van der Waals surface area contributed by atoms with Gasteiger partial charge in [-0.15, -0.1) is 0 Å². The van der Waals surface area contributed by atoms with Crippen LogP contribution in [0.3, 0.4) is 0 Å². The number of carbonyl (C=O) groups excluding carboxylic acids is 3. The van der Waals surface area contributed by atoms with E-state index in [0.29, 0.717) is 29.9 Å². The van der Waals surface area contributed by atoms with Crippen LogP contribution < -0.4 is 11.1 Å². The molecule has 0 heterocycles. The maximum atomic E-state index is 13.0. The Bertz CT molecular complexity index is 1050. The molecule has 0 fully saturated rings. The summed E-state index contributed by atoms with van der Waals surface area (Å²) >= 11 is 0. The van der Waals surface area contributed by atoms with Crippen LogP contribution in [0.25, 0.3) is 0 Å². The van der Waals surface area contributed by atoms with Crippen molar-refractivity contribution < 1.29 is 14.4 Å². The van der Waals surface area contributed by atoms with Crippen LogP contribution >= 0.6 is 0 Å². The maximum absolute atomic E-state index is 13.0. The topological polar surface area (TPSA) is 92.5 Å². The molecule has 6 nitrogen and oxygen atoms in total. The Balaban J connectivity index is 1.81. The normalized spacial score (nSPS) is 10.3. The summed E-state index contributed by atoms with van der Waals surface area (Å²) in [6.45, 7) is 2.18. The van der Waals surface area contributed by atoms with Crippen LogP contribution in [0.1, 0.15) is 38.8 Å². The van der Waals surface area contributed by atoms with E-state index in [1.54, 1.807) is 47.4 Å². The third-order valence-corrected chi connectivity index (χ3v) is 4.63. The highest BCUT2D eigenvalue weighted by atomic mass is 16.2. The van der Waals surface area contributed by atoms with Gasteiger partial charge < -0.3 is 16.0 Å². The van der Waals surface area contributed by atoms with Gasteiger partial charge in [-0.25, -0.2) is 4.79 Å². The number of nitrogens with one attached hydrogen (secondary N) is 1. The Labute approximate surface area is 175 Å². The van der Waals surface area contributed by atoms with Crippen molar-refractivity contribution >= 4 is 23.4 Å². The minimum Gasteiger partial charge on any atom is -0.366 e. The van der Waals surface area contributed by atoms with E-state index < -0.39 is 5.91 Å². The quantitative estimate of drug-likeness (QED) is 0.581. The zero-order chi connectivity index (χ0) is 21.5. The van der Waals surface area contributed by atoms with Gasteiger partial charge in [-0.2, -0.15) is 0 Å². The highest BCUT2D eigenvalue weighted by Gasteiger charge is 2.16. The van der Waals surface area contributed by atoms with E-state index in [1.807, 2.05) is 36.4 Å². The summed E-state index contributed by atoms with van der Waals surface area (Å²) in [6.07, 6.45) is 0. The van der Waals surface area contributed by atoms with Crippen LogP contribution in [0, 0.1) is 0 Å². The molecule has 0 atom stereocenters. The summed E-state index contributed by atoms with van der Waals surface area (Å²) in [7, 11) is 0. The van der Waals surface area contributed by atoms with Crippen molar-refractivity contribution in [1.82, 2.24) is 4.90 Å². The van der Waals surface area contributed by atoms with Crippen molar-refractivity contribution in [2.24, 2.45) is 5.73 Å². The van der Waals surface area contributed by atoms with Gasteiger partial charge in [0.25, 0.3) is 0 Å². The first-order chi connectivity index (χ1) is 14.4. The van der Waals surface area contributed by atoms with E-state index in [0.717, 1.165) is 11.1 Å². The molecule has 0 aliphatic carbocycles. The van der Waals surface area contributed by atoms with E-state index in [-0.39, 0.29) is 11.8 Å². The van der Waals surface area contributed by atoms with Crippen molar-refractivity contribution in [2.75, 3.05) is 5.32 Å². The Morgan fingerprint density at radius 2 is 1.43 bits per heavy atom. The zero-order valence-electron chi connectivity index (χ0n) is 16.7. The maximum Gasteiger partial charge on any atom is 0.322 e. The number of nitrogens with zero attached hydrogens (tertiary/aromatic N) is 1. The first-order valence-corrected chi connectivity index (χ1v) is 9.52. The molecule has 0 aliphatic rings. The molecule has 0 aliphatic heterocycles. The van der Waals surface area contributed by atoms with E-state index in [4.69, 9.17) is 5.73 Å². The molecule has 0 saturated carbocycles. The Kier molecular flexibility index (Phi) is 6.60. The largest absolute Gasteiger partial charge is 0.366 e. The number of primary amides is 1. The number of rotatable bonds is 7. The Morgan fingerprint density at radius 1 is 0.800 bits per heavy atom. The van der Waals surface area contributed by atoms with Crippen LogP contribution in [0.4, 0.5) is 10.5 Å². The van der Waals surface area contributed by atoms with Crippen LogP contribution in [0.2, 0.25) is 0 Å². The molecule has 0 spiro atoms. The van der Waals surface area contributed by atoms with E-state index in [1.165, 1.54) is 6.92 Å². The Morgan fingerprint density at radius 3 is 2.07 bits per heavy atom. The Hall–Kier alpha value is -3.93. The van der Waals surface area contributed by atoms with Crippen LogP contribution in [0.15, 0.2) is 78.9 Å². The zero-order valence-corrected chi connectivity index (χ0v) is 16.7. The molecule has 3 aromatic rings. The van der Waals surface area contributed by atoms with Gasteiger partial charge in [-0.3, -0.25) is 9.59 Å². The molecule has 0 unspecified atom stereocenters. The number of benzene rings is 3. The fourth-order valence-corrected chi connectivity index (χ4v) is 3.04. The number of urea groups is 1. The molecule has 6 heteroatoms. The van der Waals surface area contributed by atoms with Crippen molar-refractivity contribution in [3.63, 3.8) is 0 Å². The van der Waals surface area contributed by atoms with E-state index in [9.17, 15) is 14.4 Å². The first kappa shape index (κ1) is 20.8.